The highest BCUT2D eigenvalue weighted by atomic mass is 79.9. The highest BCUT2D eigenvalue weighted by Crippen LogP contribution is 2.20. The fourth-order valence-electron chi connectivity index (χ4n) is 1.76. The van der Waals surface area contributed by atoms with E-state index < -0.39 is 0 Å². The lowest BCUT2D eigenvalue weighted by molar-refractivity contribution is 0.325. The van der Waals surface area contributed by atoms with Crippen molar-refractivity contribution in [3.8, 4) is 5.88 Å². The summed E-state index contributed by atoms with van der Waals surface area (Å²) in [7, 11) is 0. The van der Waals surface area contributed by atoms with Crippen LogP contribution in [0.4, 0.5) is 5.82 Å². The van der Waals surface area contributed by atoms with Crippen LogP contribution in [0.1, 0.15) is 33.0 Å². The van der Waals surface area contributed by atoms with Gasteiger partial charge >= 0.3 is 0 Å². The molecule has 0 saturated heterocycles. The molecule has 5 heteroatoms. The summed E-state index contributed by atoms with van der Waals surface area (Å²) in [5, 5.41) is 0.999. The van der Waals surface area contributed by atoms with Crippen LogP contribution in [0.5, 0.6) is 5.88 Å². The number of alkyl halides is 1. The SMILES string of the molecule is CCOc1cc(N(CCCBr)C(C)C)nc(C)n1. The van der Waals surface area contributed by atoms with Crippen molar-refractivity contribution in [1.82, 2.24) is 9.97 Å². The Morgan fingerprint density at radius 3 is 2.67 bits per heavy atom. The molecule has 0 aliphatic heterocycles. The first-order chi connectivity index (χ1) is 8.58. The van der Waals surface area contributed by atoms with Gasteiger partial charge in [0.25, 0.3) is 0 Å². The van der Waals surface area contributed by atoms with Crippen molar-refractivity contribution >= 4 is 21.7 Å². The minimum absolute atomic E-state index is 0.410. The number of hydrogen-bond acceptors (Lipinski definition) is 4. The lowest BCUT2D eigenvalue weighted by Crippen LogP contribution is -2.33. The Kier molecular flexibility index (Phi) is 6.39. The molecular weight excluding hydrogens is 294 g/mol. The molecule has 0 N–H and O–H groups in total. The van der Waals surface area contributed by atoms with E-state index in [9.17, 15) is 0 Å². The molecule has 1 rings (SSSR count). The van der Waals surface area contributed by atoms with Gasteiger partial charge in [0, 0.05) is 24.0 Å². The lowest BCUT2D eigenvalue weighted by Gasteiger charge is -2.28. The number of aromatic nitrogens is 2. The van der Waals surface area contributed by atoms with Gasteiger partial charge in [0.05, 0.1) is 6.61 Å². The molecule has 0 radical (unpaired) electrons. The lowest BCUT2D eigenvalue weighted by atomic mass is 10.3. The fourth-order valence-corrected chi connectivity index (χ4v) is 2.01. The molecule has 0 unspecified atom stereocenters. The molecule has 0 atom stereocenters. The molecule has 0 aliphatic rings. The van der Waals surface area contributed by atoms with Gasteiger partial charge in [-0.05, 0) is 34.1 Å². The summed E-state index contributed by atoms with van der Waals surface area (Å²) >= 11 is 3.47. The quantitative estimate of drug-likeness (QED) is 0.724. The van der Waals surface area contributed by atoms with Crippen LogP contribution in [0, 0.1) is 6.92 Å². The maximum Gasteiger partial charge on any atom is 0.218 e. The van der Waals surface area contributed by atoms with Gasteiger partial charge in [0.2, 0.25) is 5.88 Å². The second-order valence-electron chi connectivity index (χ2n) is 4.37. The molecule has 1 aromatic rings. The van der Waals surface area contributed by atoms with Crippen LogP contribution < -0.4 is 9.64 Å². The van der Waals surface area contributed by atoms with Crippen molar-refractivity contribution < 1.29 is 4.74 Å². The van der Waals surface area contributed by atoms with Crippen LogP contribution in [0.2, 0.25) is 0 Å². The number of anilines is 1. The zero-order chi connectivity index (χ0) is 13.5. The first kappa shape index (κ1) is 15.2. The van der Waals surface area contributed by atoms with Gasteiger partial charge in [-0.15, -0.1) is 0 Å². The summed E-state index contributed by atoms with van der Waals surface area (Å²) in [6.07, 6.45) is 1.09. The summed E-state index contributed by atoms with van der Waals surface area (Å²) in [6, 6.07) is 2.33. The third-order valence-corrected chi connectivity index (χ3v) is 3.10. The molecule has 1 aromatic heterocycles. The molecule has 1 heterocycles. The molecule has 0 aromatic carbocycles. The average Bonchev–Trinajstić information content (AvgIpc) is 2.28. The highest BCUT2D eigenvalue weighted by Gasteiger charge is 2.13. The zero-order valence-corrected chi connectivity index (χ0v) is 13.2. The summed E-state index contributed by atoms with van der Waals surface area (Å²) in [6.45, 7) is 9.80. The molecule has 4 nitrogen and oxygen atoms in total. The van der Waals surface area contributed by atoms with E-state index in [1.807, 2.05) is 19.9 Å². The minimum Gasteiger partial charge on any atom is -0.478 e. The summed E-state index contributed by atoms with van der Waals surface area (Å²) in [5.41, 5.74) is 0. The van der Waals surface area contributed by atoms with E-state index in [-0.39, 0.29) is 0 Å². The van der Waals surface area contributed by atoms with E-state index in [1.165, 1.54) is 0 Å². The first-order valence-electron chi connectivity index (χ1n) is 6.39. The van der Waals surface area contributed by atoms with Gasteiger partial charge in [-0.3, -0.25) is 0 Å². The Morgan fingerprint density at radius 1 is 1.39 bits per heavy atom. The van der Waals surface area contributed by atoms with Crippen molar-refractivity contribution in [2.45, 2.75) is 40.2 Å². The van der Waals surface area contributed by atoms with Crippen molar-refractivity contribution in [3.63, 3.8) is 0 Å². The molecular formula is C13H22BrN3O. The number of aryl methyl sites for hydroxylation is 1. The van der Waals surface area contributed by atoms with Crippen LogP contribution in [-0.4, -0.2) is 34.5 Å². The van der Waals surface area contributed by atoms with Crippen molar-refractivity contribution in [1.29, 1.82) is 0 Å². The molecule has 0 amide bonds. The summed E-state index contributed by atoms with van der Waals surface area (Å²) < 4.78 is 5.47. The predicted molar refractivity (Wildman–Crippen MR) is 78.8 cm³/mol. The van der Waals surface area contributed by atoms with Crippen LogP contribution in [-0.2, 0) is 0 Å². The van der Waals surface area contributed by atoms with E-state index in [1.54, 1.807) is 0 Å². The smallest absolute Gasteiger partial charge is 0.218 e. The van der Waals surface area contributed by atoms with Gasteiger partial charge < -0.3 is 9.64 Å². The van der Waals surface area contributed by atoms with Gasteiger partial charge in [0.1, 0.15) is 11.6 Å². The topological polar surface area (TPSA) is 38.2 Å². The fraction of sp³-hybridized carbons (Fsp3) is 0.692. The number of hydrogen-bond donors (Lipinski definition) is 0. The molecule has 0 aliphatic carbocycles. The number of nitrogens with zero attached hydrogens (tertiary/aromatic N) is 3. The van der Waals surface area contributed by atoms with E-state index in [0.29, 0.717) is 18.5 Å². The van der Waals surface area contributed by atoms with E-state index in [0.717, 1.165) is 29.9 Å². The zero-order valence-electron chi connectivity index (χ0n) is 11.6. The monoisotopic (exact) mass is 315 g/mol. The molecule has 0 saturated carbocycles. The molecule has 0 bridgehead atoms. The normalized spacial score (nSPS) is 10.8. The van der Waals surface area contributed by atoms with E-state index in [2.05, 4.69) is 44.6 Å². The number of halogens is 1. The third kappa shape index (κ3) is 4.44. The van der Waals surface area contributed by atoms with Crippen molar-refractivity contribution in [2.24, 2.45) is 0 Å². The van der Waals surface area contributed by atoms with E-state index >= 15 is 0 Å². The number of ether oxygens (including phenoxy) is 1. The molecule has 0 fully saturated rings. The summed E-state index contributed by atoms with van der Waals surface area (Å²) in [5.74, 6) is 2.35. The van der Waals surface area contributed by atoms with Crippen LogP contribution in [0.3, 0.4) is 0 Å². The highest BCUT2D eigenvalue weighted by molar-refractivity contribution is 9.09. The standard InChI is InChI=1S/C13H22BrN3O/c1-5-18-13-9-12(15-11(4)16-13)17(10(2)3)8-6-7-14/h9-10H,5-8H2,1-4H3. The van der Waals surface area contributed by atoms with E-state index in [4.69, 9.17) is 4.74 Å². The molecule has 18 heavy (non-hydrogen) atoms. The number of rotatable bonds is 7. The second-order valence-corrected chi connectivity index (χ2v) is 5.17. The Hall–Kier alpha value is -0.840. The average molecular weight is 316 g/mol. The minimum atomic E-state index is 0.410. The maximum absolute atomic E-state index is 5.47. The second kappa shape index (κ2) is 7.56. The van der Waals surface area contributed by atoms with Gasteiger partial charge in [-0.2, -0.15) is 4.98 Å². The molecule has 0 spiro atoms. The Bertz CT molecular complexity index is 371. The Morgan fingerprint density at radius 2 is 2.11 bits per heavy atom. The molecule has 102 valence electrons. The van der Waals surface area contributed by atoms with Gasteiger partial charge in [-0.25, -0.2) is 4.98 Å². The van der Waals surface area contributed by atoms with Crippen LogP contribution >= 0.6 is 15.9 Å². The van der Waals surface area contributed by atoms with Gasteiger partial charge in [0.15, 0.2) is 0 Å². The predicted octanol–water partition coefficient (Wildman–Crippen LogP) is 3.18. The van der Waals surface area contributed by atoms with Crippen molar-refractivity contribution in [3.05, 3.63) is 11.9 Å². The Balaban J connectivity index is 2.95. The van der Waals surface area contributed by atoms with Crippen molar-refractivity contribution in [2.75, 3.05) is 23.4 Å². The maximum atomic E-state index is 5.47. The van der Waals surface area contributed by atoms with Crippen LogP contribution in [0.25, 0.3) is 0 Å². The Labute approximate surface area is 118 Å². The largest absolute Gasteiger partial charge is 0.478 e. The van der Waals surface area contributed by atoms with Crippen LogP contribution in [0.15, 0.2) is 6.07 Å². The summed E-state index contributed by atoms with van der Waals surface area (Å²) in [4.78, 5) is 11.1. The third-order valence-electron chi connectivity index (χ3n) is 2.54. The first-order valence-corrected chi connectivity index (χ1v) is 7.51. The van der Waals surface area contributed by atoms with Gasteiger partial charge in [-0.1, -0.05) is 15.9 Å².